The zero-order valence-corrected chi connectivity index (χ0v) is 58.1. The van der Waals surface area contributed by atoms with Gasteiger partial charge in [0.2, 0.25) is 5.91 Å². The Morgan fingerprint density at radius 3 is 0.907 bits per heavy atom. The fourth-order valence-corrected chi connectivity index (χ4v) is 12.1. The van der Waals surface area contributed by atoms with Gasteiger partial charge in [0.05, 0.1) is 25.4 Å². The maximum atomic E-state index is 12.5. The third-order valence-corrected chi connectivity index (χ3v) is 18.1. The summed E-state index contributed by atoms with van der Waals surface area (Å²) in [6.45, 7) is 4.92. The predicted molar refractivity (Wildman–Crippen MR) is 379 cm³/mol. The number of rotatable bonds is 73. The molecule has 0 fully saturated rings. The first-order valence-electron chi connectivity index (χ1n) is 38.9. The van der Waals surface area contributed by atoms with Gasteiger partial charge >= 0.3 is 5.97 Å². The summed E-state index contributed by atoms with van der Waals surface area (Å²) < 4.78 is 5.51. The molecule has 0 aliphatic rings. The Morgan fingerprint density at radius 2 is 0.581 bits per heavy atom. The lowest BCUT2D eigenvalue weighted by Gasteiger charge is -2.20. The molecule has 6 nitrogen and oxygen atoms in total. The second kappa shape index (κ2) is 75.3. The van der Waals surface area contributed by atoms with Gasteiger partial charge in [-0.3, -0.25) is 9.59 Å². The largest absolute Gasteiger partial charge is 0.466 e. The summed E-state index contributed by atoms with van der Waals surface area (Å²) in [6, 6.07) is -0.628. The van der Waals surface area contributed by atoms with Crippen LogP contribution in [0.1, 0.15) is 425 Å². The molecule has 6 heteroatoms. The summed E-state index contributed by atoms with van der Waals surface area (Å²) in [6.07, 6.45) is 99.3. The minimum atomic E-state index is -0.845. The maximum absolute atomic E-state index is 12.5. The first kappa shape index (κ1) is 83.8. The molecule has 0 radical (unpaired) electrons. The van der Waals surface area contributed by atoms with Crippen molar-refractivity contribution in [3.8, 4) is 0 Å². The van der Waals surface area contributed by atoms with Crippen LogP contribution >= 0.6 is 0 Å². The number of esters is 1. The third kappa shape index (κ3) is 70.9. The van der Waals surface area contributed by atoms with E-state index in [1.165, 1.54) is 347 Å². The summed E-state index contributed by atoms with van der Waals surface area (Å²) in [5, 5.41) is 23.3. The molecule has 3 N–H and O–H groups in total. The van der Waals surface area contributed by atoms with Gasteiger partial charge < -0.3 is 20.3 Å². The Kier molecular flexibility index (Phi) is 73.4. The SMILES string of the molecule is CCCCCC/C=C\C/C=C\CCCCCCCCCC(=O)OCCCCCCCCCCCCCC/C=C\CCCCCCCCCCCCCCCCCC(=O)NC(CO)C(O)/C=C/CCCCCCCCCCCCCCCCCCCC. The van der Waals surface area contributed by atoms with Gasteiger partial charge in [-0.15, -0.1) is 0 Å². The molecule has 0 aromatic heterocycles. The van der Waals surface area contributed by atoms with Gasteiger partial charge in [-0.25, -0.2) is 0 Å². The Morgan fingerprint density at radius 1 is 0.326 bits per heavy atom. The minimum absolute atomic E-state index is 0.0105. The van der Waals surface area contributed by atoms with Crippen LogP contribution in [0.25, 0.3) is 0 Å². The van der Waals surface area contributed by atoms with Crippen LogP contribution < -0.4 is 5.32 Å². The van der Waals surface area contributed by atoms with Crippen LogP contribution in [0.5, 0.6) is 0 Å². The molecule has 0 aliphatic carbocycles. The third-order valence-electron chi connectivity index (χ3n) is 18.1. The molecule has 0 aromatic rings. The number of nitrogens with one attached hydrogen (secondary N) is 1. The van der Waals surface area contributed by atoms with Crippen molar-refractivity contribution >= 4 is 11.9 Å². The molecule has 0 aliphatic heterocycles. The fourth-order valence-electron chi connectivity index (χ4n) is 12.1. The maximum Gasteiger partial charge on any atom is 0.305 e. The van der Waals surface area contributed by atoms with Crippen molar-refractivity contribution in [3.63, 3.8) is 0 Å². The van der Waals surface area contributed by atoms with Crippen molar-refractivity contribution in [2.45, 2.75) is 437 Å². The smallest absolute Gasteiger partial charge is 0.305 e. The lowest BCUT2D eigenvalue weighted by atomic mass is 10.0. The average molecular weight is 1210 g/mol. The number of hydrogen-bond acceptors (Lipinski definition) is 5. The van der Waals surface area contributed by atoms with Gasteiger partial charge in [0, 0.05) is 12.8 Å². The van der Waals surface area contributed by atoms with Crippen LogP contribution in [0, 0.1) is 0 Å². The minimum Gasteiger partial charge on any atom is -0.466 e. The highest BCUT2D eigenvalue weighted by Gasteiger charge is 2.18. The first-order chi connectivity index (χ1) is 42.5. The van der Waals surface area contributed by atoms with E-state index in [4.69, 9.17) is 4.74 Å². The van der Waals surface area contributed by atoms with Gasteiger partial charge in [-0.2, -0.15) is 0 Å². The molecular formula is C80H151NO5. The molecule has 0 aromatic carbocycles. The Bertz CT molecular complexity index is 1440. The number of unbranched alkanes of at least 4 members (excludes halogenated alkanes) is 56. The zero-order valence-electron chi connectivity index (χ0n) is 58.1. The molecule has 1 amide bonds. The summed E-state index contributed by atoms with van der Waals surface area (Å²) in [5.41, 5.74) is 0. The number of carbonyl (C=O) groups excluding carboxylic acids is 2. The van der Waals surface area contributed by atoms with E-state index in [1.54, 1.807) is 6.08 Å². The second-order valence-electron chi connectivity index (χ2n) is 26.7. The van der Waals surface area contributed by atoms with Crippen molar-refractivity contribution in [2.75, 3.05) is 13.2 Å². The lowest BCUT2D eigenvalue weighted by Crippen LogP contribution is -2.45. The van der Waals surface area contributed by atoms with Crippen LogP contribution in [-0.4, -0.2) is 47.4 Å². The number of amides is 1. The van der Waals surface area contributed by atoms with Crippen molar-refractivity contribution in [1.82, 2.24) is 5.32 Å². The van der Waals surface area contributed by atoms with Gasteiger partial charge in [0.15, 0.2) is 0 Å². The van der Waals surface area contributed by atoms with Crippen molar-refractivity contribution in [3.05, 3.63) is 48.6 Å². The van der Waals surface area contributed by atoms with E-state index in [-0.39, 0.29) is 18.5 Å². The molecule has 506 valence electrons. The molecule has 0 saturated carbocycles. The number of aliphatic hydroxyl groups is 2. The number of ether oxygens (including phenoxy) is 1. The van der Waals surface area contributed by atoms with E-state index < -0.39 is 12.1 Å². The lowest BCUT2D eigenvalue weighted by molar-refractivity contribution is -0.143. The zero-order chi connectivity index (χ0) is 62.0. The highest BCUT2D eigenvalue weighted by atomic mass is 16.5. The van der Waals surface area contributed by atoms with Crippen LogP contribution in [0.3, 0.4) is 0 Å². The van der Waals surface area contributed by atoms with E-state index in [0.717, 1.165) is 51.4 Å². The summed E-state index contributed by atoms with van der Waals surface area (Å²) in [4.78, 5) is 24.6. The van der Waals surface area contributed by atoms with E-state index in [2.05, 4.69) is 55.6 Å². The molecule has 0 spiro atoms. The standard InChI is InChI=1S/C80H151NO5/c1-3-5-7-9-11-13-15-17-19-21-23-37-40-44-48-52-56-60-64-68-72-78(83)77(76-82)81-79(84)73-69-65-61-57-53-49-45-41-38-35-33-31-29-27-25-24-26-28-30-32-34-36-39-43-47-51-55-59-63-67-71-75-86-80(85)74-70-66-62-58-54-50-46-42-22-20-18-16-14-12-10-8-6-4-2/h14,16,20,22,26,28,68,72,77-78,82-83H,3-13,15,17-19,21,23-25,27,29-67,69-71,73-76H2,1-2H3,(H,81,84)/b16-14-,22-20-,28-26-,72-68+. The Labute approximate surface area is 537 Å². The molecule has 0 saturated heterocycles. The number of allylic oxidation sites excluding steroid dienone is 7. The van der Waals surface area contributed by atoms with Crippen LogP contribution in [0.15, 0.2) is 48.6 Å². The quantitative estimate of drug-likeness (QED) is 0.0320. The number of carbonyl (C=O) groups is 2. The highest BCUT2D eigenvalue weighted by molar-refractivity contribution is 5.76. The van der Waals surface area contributed by atoms with E-state index in [9.17, 15) is 19.8 Å². The van der Waals surface area contributed by atoms with E-state index >= 15 is 0 Å². The molecular weight excluding hydrogens is 1050 g/mol. The van der Waals surface area contributed by atoms with E-state index in [1.807, 2.05) is 6.08 Å². The van der Waals surface area contributed by atoms with Crippen molar-refractivity contribution < 1.29 is 24.5 Å². The summed E-state index contributed by atoms with van der Waals surface area (Å²) >= 11 is 0. The molecule has 2 atom stereocenters. The highest BCUT2D eigenvalue weighted by Crippen LogP contribution is 2.19. The molecule has 0 bridgehead atoms. The Balaban J connectivity index is 3.38. The summed E-state index contributed by atoms with van der Waals surface area (Å²) in [7, 11) is 0. The van der Waals surface area contributed by atoms with Crippen LogP contribution in [-0.2, 0) is 14.3 Å². The topological polar surface area (TPSA) is 95.9 Å². The fraction of sp³-hybridized carbons (Fsp3) is 0.875. The predicted octanol–water partition coefficient (Wildman–Crippen LogP) is 25.6. The molecule has 0 rings (SSSR count). The number of hydrogen-bond donors (Lipinski definition) is 3. The van der Waals surface area contributed by atoms with Crippen LogP contribution in [0.4, 0.5) is 0 Å². The first-order valence-corrected chi connectivity index (χ1v) is 38.9. The van der Waals surface area contributed by atoms with Crippen LogP contribution in [0.2, 0.25) is 0 Å². The van der Waals surface area contributed by atoms with Gasteiger partial charge in [-0.05, 0) is 89.9 Å². The van der Waals surface area contributed by atoms with Gasteiger partial charge in [0.1, 0.15) is 0 Å². The van der Waals surface area contributed by atoms with Gasteiger partial charge in [0.25, 0.3) is 0 Å². The van der Waals surface area contributed by atoms with Gasteiger partial charge in [-0.1, -0.05) is 371 Å². The molecule has 86 heavy (non-hydrogen) atoms. The second-order valence-corrected chi connectivity index (χ2v) is 26.7. The molecule has 0 heterocycles. The number of aliphatic hydroxyl groups excluding tert-OH is 2. The Hall–Kier alpha value is -2.18. The average Bonchev–Trinajstić information content (AvgIpc) is 3.54. The van der Waals surface area contributed by atoms with Crippen molar-refractivity contribution in [1.29, 1.82) is 0 Å². The monoisotopic (exact) mass is 1210 g/mol. The van der Waals surface area contributed by atoms with E-state index in [0.29, 0.717) is 19.4 Å². The van der Waals surface area contributed by atoms with Crippen molar-refractivity contribution in [2.24, 2.45) is 0 Å². The molecule has 2 unspecified atom stereocenters. The summed E-state index contributed by atoms with van der Waals surface area (Å²) in [5.74, 6) is -0.0517. The normalized spacial score (nSPS) is 12.7.